The van der Waals surface area contributed by atoms with Gasteiger partial charge in [-0.1, -0.05) is 18.2 Å². The van der Waals surface area contributed by atoms with Crippen LogP contribution >= 0.6 is 0 Å². The van der Waals surface area contributed by atoms with Crippen molar-refractivity contribution < 1.29 is 39.5 Å². The van der Waals surface area contributed by atoms with Crippen LogP contribution < -0.4 is 4.90 Å². The summed E-state index contributed by atoms with van der Waals surface area (Å²) in [6, 6.07) is 8.86. The molecule has 5 N–H and O–H groups in total. The van der Waals surface area contributed by atoms with E-state index in [1.807, 2.05) is 6.07 Å². The Hall–Kier alpha value is -2.50. The zero-order valence-electron chi connectivity index (χ0n) is 16.2. The number of benzene rings is 1. The Morgan fingerprint density at radius 2 is 1.76 bits per heavy atom. The summed E-state index contributed by atoms with van der Waals surface area (Å²) < 4.78 is 10.7. The van der Waals surface area contributed by atoms with E-state index in [0.29, 0.717) is 5.56 Å². The van der Waals surface area contributed by atoms with Gasteiger partial charge in [-0.25, -0.2) is 4.79 Å². The minimum atomic E-state index is -1.76. The maximum absolute atomic E-state index is 12.3. The van der Waals surface area contributed by atoms with E-state index in [2.05, 4.69) is 4.98 Å². The van der Waals surface area contributed by atoms with Crippen molar-refractivity contribution in [3.8, 4) is 11.5 Å². The van der Waals surface area contributed by atoms with E-state index in [0.717, 1.165) is 0 Å². The van der Waals surface area contributed by atoms with Crippen molar-refractivity contribution in [2.75, 3.05) is 31.7 Å². The zero-order chi connectivity index (χ0) is 21.6. The molecular formula is C19H26N2O8. The Kier molecular flexibility index (Phi) is 8.11. The predicted molar refractivity (Wildman–Crippen MR) is 102 cm³/mol. The molecular weight excluding hydrogens is 384 g/mol. The van der Waals surface area contributed by atoms with Crippen LogP contribution in [0.15, 0.2) is 34.7 Å². The molecule has 0 amide bonds. The summed E-state index contributed by atoms with van der Waals surface area (Å²) in [4.78, 5) is 17.8. The largest absolute Gasteiger partial charge is 0.461 e. The van der Waals surface area contributed by atoms with Crippen molar-refractivity contribution in [1.29, 1.82) is 0 Å². The van der Waals surface area contributed by atoms with Gasteiger partial charge in [-0.15, -0.1) is 0 Å². The molecule has 0 aliphatic heterocycles. The summed E-state index contributed by atoms with van der Waals surface area (Å²) in [5.74, 6) is -0.543. The second-order valence-corrected chi connectivity index (χ2v) is 6.44. The third kappa shape index (κ3) is 5.52. The lowest BCUT2D eigenvalue weighted by Crippen LogP contribution is -2.49. The van der Waals surface area contributed by atoms with E-state index >= 15 is 0 Å². The molecule has 4 atom stereocenters. The van der Waals surface area contributed by atoms with E-state index in [9.17, 15) is 25.2 Å². The lowest BCUT2D eigenvalue weighted by molar-refractivity contribution is -0.112. The monoisotopic (exact) mass is 410 g/mol. The Bertz CT molecular complexity index is 782. The average Bonchev–Trinajstić information content (AvgIpc) is 3.18. The lowest BCUT2D eigenvalue weighted by Gasteiger charge is -2.28. The van der Waals surface area contributed by atoms with Crippen molar-refractivity contribution >= 4 is 11.9 Å². The molecule has 0 aliphatic carbocycles. The maximum Gasteiger partial charge on any atom is 0.362 e. The van der Waals surface area contributed by atoms with Gasteiger partial charge in [0.15, 0.2) is 0 Å². The molecule has 2 rings (SSSR count). The fourth-order valence-corrected chi connectivity index (χ4v) is 2.64. The molecule has 1 heterocycles. The predicted octanol–water partition coefficient (Wildman–Crippen LogP) is -0.610. The molecule has 29 heavy (non-hydrogen) atoms. The number of oxazole rings is 1. The van der Waals surface area contributed by atoms with Gasteiger partial charge < -0.3 is 39.6 Å². The number of aliphatic hydroxyl groups excluding tert-OH is 5. The number of aliphatic hydroxyl groups is 5. The Morgan fingerprint density at radius 1 is 1.14 bits per heavy atom. The highest BCUT2D eigenvalue weighted by Gasteiger charge is 2.32. The molecule has 160 valence electrons. The van der Waals surface area contributed by atoms with Gasteiger partial charge in [-0.05, 0) is 19.1 Å². The van der Waals surface area contributed by atoms with Crippen LogP contribution in [-0.4, -0.2) is 87.7 Å². The second kappa shape index (κ2) is 10.3. The SMILES string of the molecule is CCOC(=O)c1nc(-c2ccccc2)oc1N(C)C[C@H](O)[C@H](O)[C@@H](O)[C@@H](O)CO. The number of esters is 1. The molecule has 0 unspecified atom stereocenters. The van der Waals surface area contributed by atoms with Crippen LogP contribution in [-0.2, 0) is 4.74 Å². The molecule has 0 saturated heterocycles. The molecule has 0 radical (unpaired) electrons. The number of hydrogen-bond acceptors (Lipinski definition) is 10. The molecule has 1 aromatic carbocycles. The van der Waals surface area contributed by atoms with E-state index in [1.54, 1.807) is 31.2 Å². The first kappa shape index (κ1) is 22.8. The lowest BCUT2D eigenvalue weighted by atomic mass is 10.0. The standard InChI is InChI=1S/C19H26N2O8/c1-3-28-19(27)14-18(29-17(20-14)11-7-5-4-6-8-11)21(2)9-12(23)15(25)16(26)13(24)10-22/h4-8,12-13,15-16,22-26H,3,9-10H2,1-2H3/t12-,13-,15-,16-/m0/s1. The number of carbonyl (C=O) groups excluding carboxylic acids is 1. The number of rotatable bonds is 10. The first-order valence-corrected chi connectivity index (χ1v) is 9.07. The zero-order valence-corrected chi connectivity index (χ0v) is 16.2. The van der Waals surface area contributed by atoms with Crippen LogP contribution in [0.2, 0.25) is 0 Å². The van der Waals surface area contributed by atoms with E-state index in [4.69, 9.17) is 14.3 Å². The van der Waals surface area contributed by atoms with Crippen LogP contribution in [0.4, 0.5) is 5.88 Å². The minimum Gasteiger partial charge on any atom is -0.461 e. The summed E-state index contributed by atoms with van der Waals surface area (Å²) in [5, 5.41) is 48.2. The summed E-state index contributed by atoms with van der Waals surface area (Å²) in [7, 11) is 1.49. The van der Waals surface area contributed by atoms with Crippen LogP contribution in [0, 0.1) is 0 Å². The molecule has 0 saturated carbocycles. The van der Waals surface area contributed by atoms with Gasteiger partial charge in [0.2, 0.25) is 17.5 Å². The molecule has 2 aromatic rings. The van der Waals surface area contributed by atoms with Crippen LogP contribution in [0.1, 0.15) is 17.4 Å². The third-order valence-corrected chi connectivity index (χ3v) is 4.23. The van der Waals surface area contributed by atoms with Crippen molar-refractivity contribution in [2.45, 2.75) is 31.3 Å². The number of nitrogens with zero attached hydrogens (tertiary/aromatic N) is 2. The van der Waals surface area contributed by atoms with Gasteiger partial charge in [0.1, 0.15) is 24.4 Å². The van der Waals surface area contributed by atoms with Crippen molar-refractivity contribution in [3.63, 3.8) is 0 Å². The first-order chi connectivity index (χ1) is 13.8. The van der Waals surface area contributed by atoms with Gasteiger partial charge in [0.05, 0.1) is 13.2 Å². The van der Waals surface area contributed by atoms with E-state index in [-0.39, 0.29) is 30.6 Å². The number of anilines is 1. The molecule has 10 nitrogen and oxygen atoms in total. The summed E-state index contributed by atoms with van der Waals surface area (Å²) in [6.45, 7) is 0.720. The number of likely N-dealkylation sites (N-methyl/N-ethyl adjacent to an activating group) is 1. The highest BCUT2D eigenvalue weighted by molar-refractivity contribution is 5.93. The summed E-state index contributed by atoms with van der Waals surface area (Å²) in [6.07, 6.45) is -6.66. The van der Waals surface area contributed by atoms with Crippen molar-refractivity contribution in [1.82, 2.24) is 4.98 Å². The Balaban J connectivity index is 2.26. The molecule has 1 aromatic heterocycles. The summed E-state index contributed by atoms with van der Waals surface area (Å²) in [5.41, 5.74) is 0.519. The molecule has 0 fully saturated rings. The highest BCUT2D eigenvalue weighted by atomic mass is 16.5. The van der Waals surface area contributed by atoms with Crippen LogP contribution in [0.3, 0.4) is 0 Å². The number of aromatic nitrogens is 1. The highest BCUT2D eigenvalue weighted by Crippen LogP contribution is 2.28. The topological polar surface area (TPSA) is 157 Å². The van der Waals surface area contributed by atoms with Crippen LogP contribution in [0.25, 0.3) is 11.5 Å². The maximum atomic E-state index is 12.3. The smallest absolute Gasteiger partial charge is 0.362 e. The third-order valence-electron chi connectivity index (χ3n) is 4.23. The van der Waals surface area contributed by atoms with Gasteiger partial charge in [-0.2, -0.15) is 4.98 Å². The molecule has 0 spiro atoms. The van der Waals surface area contributed by atoms with Gasteiger partial charge in [0.25, 0.3) is 0 Å². The Labute approximate surface area is 167 Å². The number of hydrogen-bond donors (Lipinski definition) is 5. The Morgan fingerprint density at radius 3 is 2.34 bits per heavy atom. The average molecular weight is 410 g/mol. The number of ether oxygens (including phenoxy) is 1. The molecule has 10 heteroatoms. The number of carbonyl (C=O) groups is 1. The normalized spacial score (nSPS) is 15.4. The van der Waals surface area contributed by atoms with E-state index < -0.39 is 37.0 Å². The fourth-order valence-electron chi connectivity index (χ4n) is 2.64. The van der Waals surface area contributed by atoms with Crippen molar-refractivity contribution in [2.24, 2.45) is 0 Å². The van der Waals surface area contributed by atoms with Gasteiger partial charge >= 0.3 is 5.97 Å². The van der Waals surface area contributed by atoms with Gasteiger partial charge in [-0.3, -0.25) is 0 Å². The van der Waals surface area contributed by atoms with Crippen LogP contribution in [0.5, 0.6) is 0 Å². The molecule has 0 aliphatic rings. The fraction of sp³-hybridized carbons (Fsp3) is 0.474. The molecule has 0 bridgehead atoms. The quantitative estimate of drug-likeness (QED) is 0.320. The van der Waals surface area contributed by atoms with Gasteiger partial charge in [0, 0.05) is 19.2 Å². The van der Waals surface area contributed by atoms with E-state index in [1.165, 1.54) is 11.9 Å². The second-order valence-electron chi connectivity index (χ2n) is 6.44. The first-order valence-electron chi connectivity index (χ1n) is 9.07. The summed E-state index contributed by atoms with van der Waals surface area (Å²) >= 11 is 0. The minimum absolute atomic E-state index is 0.00532. The van der Waals surface area contributed by atoms with Crippen molar-refractivity contribution in [3.05, 3.63) is 36.0 Å².